The van der Waals surface area contributed by atoms with Crippen molar-refractivity contribution in [1.29, 1.82) is 0 Å². The van der Waals surface area contributed by atoms with Gasteiger partial charge in [0.2, 0.25) is 0 Å². The molecule has 0 heterocycles. The Balaban J connectivity index is 1.89. The van der Waals surface area contributed by atoms with Gasteiger partial charge >= 0.3 is 5.97 Å². The minimum atomic E-state index is -1.27. The Labute approximate surface area is 148 Å². The summed E-state index contributed by atoms with van der Waals surface area (Å²) in [4.78, 5) is 12.1. The molecule has 8 atom stereocenters. The molecule has 5 nitrogen and oxygen atoms in total. The SMILES string of the molecule is C=C1C2CCC3(O)C(CCC4C(C)(C(=O)O)CCC(O)C43C)(C2)C1O. The molecule has 5 heteroatoms. The van der Waals surface area contributed by atoms with Gasteiger partial charge in [0, 0.05) is 10.8 Å². The standard InChI is InChI=1S/C20H30O5/c1-11-12-4-9-20(25)18(3)13(5-8-19(20,10-12)15(11)22)17(2,16(23)24)7-6-14(18)21/h12-15,21-22,25H,1,4-10H2,2-3H3,(H,23,24). The monoisotopic (exact) mass is 350 g/mol. The molecule has 0 saturated heterocycles. The van der Waals surface area contributed by atoms with Gasteiger partial charge in [-0.15, -0.1) is 0 Å². The van der Waals surface area contributed by atoms with E-state index in [9.17, 15) is 25.2 Å². The molecule has 0 radical (unpaired) electrons. The number of hydrogen-bond donors (Lipinski definition) is 4. The lowest BCUT2D eigenvalue weighted by Gasteiger charge is -2.69. The maximum atomic E-state index is 12.1. The quantitative estimate of drug-likeness (QED) is 0.543. The van der Waals surface area contributed by atoms with E-state index in [-0.39, 0.29) is 11.8 Å². The van der Waals surface area contributed by atoms with Crippen LogP contribution in [0.3, 0.4) is 0 Å². The number of aliphatic carboxylic acids is 1. The van der Waals surface area contributed by atoms with Crippen LogP contribution in [0.1, 0.15) is 58.8 Å². The lowest BCUT2D eigenvalue weighted by Crippen LogP contribution is -2.74. The zero-order valence-corrected chi connectivity index (χ0v) is 15.2. The van der Waals surface area contributed by atoms with Crippen LogP contribution in [0.5, 0.6) is 0 Å². The molecule has 4 fully saturated rings. The van der Waals surface area contributed by atoms with Crippen molar-refractivity contribution < 1.29 is 25.2 Å². The van der Waals surface area contributed by atoms with Crippen molar-refractivity contribution in [1.82, 2.24) is 0 Å². The molecule has 4 N–H and O–H groups in total. The summed E-state index contributed by atoms with van der Waals surface area (Å²) in [6.45, 7) is 7.72. The van der Waals surface area contributed by atoms with Crippen molar-refractivity contribution >= 4 is 5.97 Å². The van der Waals surface area contributed by atoms with E-state index in [2.05, 4.69) is 6.58 Å². The van der Waals surface area contributed by atoms with Crippen LogP contribution < -0.4 is 0 Å². The molecule has 1 spiro atoms. The summed E-state index contributed by atoms with van der Waals surface area (Å²) in [7, 11) is 0. The summed E-state index contributed by atoms with van der Waals surface area (Å²) < 4.78 is 0. The van der Waals surface area contributed by atoms with Gasteiger partial charge in [-0.05, 0) is 69.3 Å². The van der Waals surface area contributed by atoms with Gasteiger partial charge in [0.15, 0.2) is 0 Å². The predicted molar refractivity (Wildman–Crippen MR) is 91.7 cm³/mol. The smallest absolute Gasteiger partial charge is 0.309 e. The predicted octanol–water partition coefficient (Wildman–Crippen LogP) is 2.10. The fourth-order valence-corrected chi connectivity index (χ4v) is 7.47. The van der Waals surface area contributed by atoms with Crippen molar-refractivity contribution in [2.75, 3.05) is 0 Å². The number of fused-ring (bicyclic) bond motifs is 3. The summed E-state index contributed by atoms with van der Waals surface area (Å²) in [5.41, 5.74) is -3.05. The van der Waals surface area contributed by atoms with Gasteiger partial charge < -0.3 is 20.4 Å². The number of aliphatic hydroxyl groups is 3. The molecule has 140 valence electrons. The molecule has 0 aromatic heterocycles. The topological polar surface area (TPSA) is 98.0 Å². The first-order valence-corrected chi connectivity index (χ1v) is 9.55. The van der Waals surface area contributed by atoms with Crippen molar-refractivity contribution in [3.63, 3.8) is 0 Å². The molecule has 4 saturated carbocycles. The molecule has 8 unspecified atom stereocenters. The van der Waals surface area contributed by atoms with Gasteiger partial charge in [-0.1, -0.05) is 13.5 Å². The molecule has 4 aliphatic rings. The molecule has 25 heavy (non-hydrogen) atoms. The average Bonchev–Trinajstić information content (AvgIpc) is 2.77. The first-order chi connectivity index (χ1) is 11.5. The van der Waals surface area contributed by atoms with Crippen LogP contribution in [0, 0.1) is 28.1 Å². The molecule has 0 aromatic rings. The molecular formula is C20H30O5. The molecule has 0 amide bonds. The zero-order chi connectivity index (χ0) is 18.4. The van der Waals surface area contributed by atoms with Crippen LogP contribution in [0.4, 0.5) is 0 Å². The Hall–Kier alpha value is -0.910. The van der Waals surface area contributed by atoms with E-state index in [1.54, 1.807) is 6.92 Å². The third-order valence-corrected chi connectivity index (χ3v) is 9.07. The maximum Gasteiger partial charge on any atom is 0.309 e. The minimum Gasteiger partial charge on any atom is -0.481 e. The normalized spacial score (nSPS) is 57.7. The Kier molecular flexibility index (Phi) is 3.41. The van der Waals surface area contributed by atoms with Crippen LogP contribution in [-0.2, 0) is 4.79 Å². The number of carboxylic acid groups (broad SMARTS) is 1. The molecule has 4 aliphatic carbocycles. The summed E-state index contributed by atoms with van der Waals surface area (Å²) in [6.07, 6.45) is 2.39. The fourth-order valence-electron chi connectivity index (χ4n) is 7.47. The van der Waals surface area contributed by atoms with E-state index in [0.29, 0.717) is 38.5 Å². The van der Waals surface area contributed by atoms with E-state index < -0.39 is 40.0 Å². The van der Waals surface area contributed by atoms with E-state index in [1.807, 2.05) is 6.92 Å². The number of carboxylic acids is 1. The average molecular weight is 350 g/mol. The zero-order valence-electron chi connectivity index (χ0n) is 15.2. The highest BCUT2D eigenvalue weighted by atomic mass is 16.4. The Morgan fingerprint density at radius 3 is 2.44 bits per heavy atom. The molecule has 0 aromatic carbocycles. The van der Waals surface area contributed by atoms with Gasteiger partial charge in [0.1, 0.15) is 0 Å². The van der Waals surface area contributed by atoms with Gasteiger partial charge in [-0.3, -0.25) is 4.79 Å². The van der Waals surface area contributed by atoms with Gasteiger partial charge in [-0.2, -0.15) is 0 Å². The number of aliphatic hydroxyl groups excluding tert-OH is 2. The fraction of sp³-hybridized carbons (Fsp3) is 0.850. The van der Waals surface area contributed by atoms with E-state index in [4.69, 9.17) is 0 Å². The van der Waals surface area contributed by atoms with Gasteiger partial charge in [0.25, 0.3) is 0 Å². The van der Waals surface area contributed by atoms with Crippen molar-refractivity contribution in [2.45, 2.75) is 76.6 Å². The number of rotatable bonds is 1. The molecule has 2 bridgehead atoms. The Morgan fingerprint density at radius 2 is 1.80 bits per heavy atom. The molecular weight excluding hydrogens is 320 g/mol. The first-order valence-electron chi connectivity index (χ1n) is 9.55. The molecule has 0 aliphatic heterocycles. The van der Waals surface area contributed by atoms with Crippen LogP contribution >= 0.6 is 0 Å². The summed E-state index contributed by atoms with van der Waals surface area (Å²) >= 11 is 0. The van der Waals surface area contributed by atoms with Crippen molar-refractivity contribution in [3.8, 4) is 0 Å². The second kappa shape index (κ2) is 4.87. The van der Waals surface area contributed by atoms with Crippen LogP contribution in [-0.4, -0.2) is 44.2 Å². The van der Waals surface area contributed by atoms with Crippen LogP contribution in [0.2, 0.25) is 0 Å². The summed E-state index contributed by atoms with van der Waals surface area (Å²) in [5, 5.41) is 43.9. The highest BCUT2D eigenvalue weighted by Gasteiger charge is 2.76. The summed E-state index contributed by atoms with van der Waals surface area (Å²) in [6, 6.07) is 0. The van der Waals surface area contributed by atoms with E-state index in [1.165, 1.54) is 0 Å². The number of hydrogen-bond acceptors (Lipinski definition) is 4. The lowest BCUT2D eigenvalue weighted by atomic mass is 9.38. The highest BCUT2D eigenvalue weighted by Crippen LogP contribution is 2.73. The third kappa shape index (κ3) is 1.68. The van der Waals surface area contributed by atoms with Gasteiger partial charge in [0.05, 0.1) is 23.2 Å². The third-order valence-electron chi connectivity index (χ3n) is 9.07. The van der Waals surface area contributed by atoms with Crippen LogP contribution in [0.25, 0.3) is 0 Å². The maximum absolute atomic E-state index is 12.1. The Bertz CT molecular complexity index is 646. The van der Waals surface area contributed by atoms with Crippen molar-refractivity contribution in [2.24, 2.45) is 28.1 Å². The van der Waals surface area contributed by atoms with Gasteiger partial charge in [-0.25, -0.2) is 0 Å². The second-order valence-electron chi connectivity index (χ2n) is 9.58. The largest absolute Gasteiger partial charge is 0.481 e. The number of carbonyl (C=O) groups is 1. The van der Waals surface area contributed by atoms with E-state index in [0.717, 1.165) is 12.0 Å². The van der Waals surface area contributed by atoms with Crippen molar-refractivity contribution in [3.05, 3.63) is 12.2 Å². The second-order valence-corrected chi connectivity index (χ2v) is 9.58. The Morgan fingerprint density at radius 1 is 1.12 bits per heavy atom. The summed E-state index contributed by atoms with van der Waals surface area (Å²) in [5.74, 6) is -0.934. The first kappa shape index (κ1) is 17.5. The highest BCUT2D eigenvalue weighted by molar-refractivity contribution is 5.75. The lowest BCUT2D eigenvalue weighted by molar-refractivity contribution is -0.303. The minimum absolute atomic E-state index is 0.224. The van der Waals surface area contributed by atoms with E-state index >= 15 is 0 Å². The van der Waals surface area contributed by atoms with Crippen LogP contribution in [0.15, 0.2) is 12.2 Å². The molecule has 4 rings (SSSR count).